The van der Waals surface area contributed by atoms with E-state index < -0.39 is 0 Å². The highest BCUT2D eigenvalue weighted by Gasteiger charge is 2.25. The predicted molar refractivity (Wildman–Crippen MR) is 55.1 cm³/mol. The summed E-state index contributed by atoms with van der Waals surface area (Å²) in [6.45, 7) is 0. The molecule has 3 nitrogen and oxygen atoms in total. The van der Waals surface area contributed by atoms with Crippen molar-refractivity contribution in [3.8, 4) is 0 Å². The Labute approximate surface area is 83.4 Å². The summed E-state index contributed by atoms with van der Waals surface area (Å²) < 4.78 is 10.5. The van der Waals surface area contributed by atoms with E-state index in [9.17, 15) is 0 Å². The van der Waals surface area contributed by atoms with E-state index in [-0.39, 0.29) is 12.0 Å². The molecule has 2 aliphatic heterocycles. The van der Waals surface area contributed by atoms with Crippen molar-refractivity contribution < 1.29 is 9.47 Å². The van der Waals surface area contributed by atoms with Crippen molar-refractivity contribution in [3.63, 3.8) is 0 Å². The molecule has 74 valence electrons. The molecule has 0 aromatic rings. The first-order valence-corrected chi connectivity index (χ1v) is 4.57. The van der Waals surface area contributed by atoms with Gasteiger partial charge in [0.15, 0.2) is 5.90 Å². The lowest BCUT2D eigenvalue weighted by atomic mass is 9.99. The molecule has 1 aliphatic carbocycles. The van der Waals surface area contributed by atoms with E-state index in [4.69, 9.17) is 9.47 Å². The second-order valence-electron chi connectivity index (χ2n) is 3.18. The molecule has 0 amide bonds. The predicted octanol–water partition coefficient (Wildman–Crippen LogP) is 1.69. The minimum absolute atomic E-state index is 0.0335. The van der Waals surface area contributed by atoms with Gasteiger partial charge in [0.05, 0.1) is 20.3 Å². The van der Waals surface area contributed by atoms with Gasteiger partial charge in [0.1, 0.15) is 11.7 Å². The first-order chi connectivity index (χ1) is 6.85. The number of hydrogen-bond acceptors (Lipinski definition) is 3. The van der Waals surface area contributed by atoms with E-state index in [1.165, 1.54) is 0 Å². The van der Waals surface area contributed by atoms with Crippen molar-refractivity contribution in [2.45, 2.75) is 6.04 Å². The van der Waals surface area contributed by atoms with Crippen molar-refractivity contribution in [2.24, 2.45) is 10.9 Å². The maximum atomic E-state index is 5.28. The molecule has 0 radical (unpaired) electrons. The number of methoxy groups -OCH3 is 2. The number of hydrogen-bond donors (Lipinski definition) is 0. The van der Waals surface area contributed by atoms with Crippen LogP contribution in [0.15, 0.2) is 41.1 Å². The molecule has 3 rings (SSSR count). The lowest BCUT2D eigenvalue weighted by Gasteiger charge is -2.23. The molecule has 2 atom stereocenters. The van der Waals surface area contributed by atoms with Gasteiger partial charge in [-0.3, -0.25) is 0 Å². The zero-order valence-corrected chi connectivity index (χ0v) is 8.31. The second-order valence-corrected chi connectivity index (χ2v) is 3.18. The molecule has 0 fully saturated rings. The number of allylic oxidation sites excluding steroid dienone is 2. The van der Waals surface area contributed by atoms with Crippen LogP contribution in [0, 0.1) is 5.92 Å². The van der Waals surface area contributed by atoms with E-state index in [0.29, 0.717) is 0 Å². The molecule has 3 heteroatoms. The number of ether oxygens (including phenoxy) is 2. The van der Waals surface area contributed by atoms with E-state index in [1.54, 1.807) is 14.2 Å². The molecule has 2 bridgehead atoms. The van der Waals surface area contributed by atoms with E-state index >= 15 is 0 Å². The molecule has 3 aliphatic rings. The number of rotatable bonds is 1. The fraction of sp³-hybridized carbons (Fsp3) is 0.364. The largest absolute Gasteiger partial charge is 0.500 e. The summed E-state index contributed by atoms with van der Waals surface area (Å²) in [6, 6.07) is 0.107. The van der Waals surface area contributed by atoms with Crippen LogP contribution >= 0.6 is 0 Å². The highest BCUT2D eigenvalue weighted by Crippen LogP contribution is 2.24. The summed E-state index contributed by atoms with van der Waals surface area (Å²) >= 11 is 0. The molecule has 0 aromatic heterocycles. The molecular formula is C11H13NO2. The van der Waals surface area contributed by atoms with Gasteiger partial charge in [-0.1, -0.05) is 24.3 Å². The standard InChI is InChI=1S/C11H13NO2/c1-13-10-5-3-4-8-6-7-9(10)11(12-8)14-2/h3-9H,1-2H3/b4-3-,10-5+. The van der Waals surface area contributed by atoms with Crippen LogP contribution in [-0.2, 0) is 9.47 Å². The summed E-state index contributed by atoms with van der Waals surface area (Å²) in [7, 11) is 3.30. The second kappa shape index (κ2) is 3.70. The average Bonchev–Trinajstić information content (AvgIpc) is 2.19. The molecule has 0 N–H and O–H groups in total. The summed E-state index contributed by atoms with van der Waals surface area (Å²) in [5.41, 5.74) is 0. The summed E-state index contributed by atoms with van der Waals surface area (Å²) in [4.78, 5) is 4.42. The van der Waals surface area contributed by atoms with Crippen molar-refractivity contribution in [2.75, 3.05) is 14.2 Å². The Kier molecular flexibility index (Phi) is 2.39. The first-order valence-electron chi connectivity index (χ1n) is 4.57. The topological polar surface area (TPSA) is 30.8 Å². The maximum Gasteiger partial charge on any atom is 0.198 e. The summed E-state index contributed by atoms with van der Waals surface area (Å²) in [5, 5.41) is 0. The van der Waals surface area contributed by atoms with Crippen LogP contribution in [0.1, 0.15) is 0 Å². The van der Waals surface area contributed by atoms with Gasteiger partial charge in [0.2, 0.25) is 0 Å². The summed E-state index contributed by atoms with van der Waals surface area (Å²) in [5.74, 6) is 1.61. The quantitative estimate of drug-likeness (QED) is 0.590. The highest BCUT2D eigenvalue weighted by atomic mass is 16.5. The zero-order valence-electron chi connectivity index (χ0n) is 8.31. The molecule has 0 aromatic carbocycles. The Morgan fingerprint density at radius 2 is 2.00 bits per heavy atom. The number of fused-ring (bicyclic) bond motifs is 1. The van der Waals surface area contributed by atoms with Crippen LogP contribution in [0.2, 0.25) is 0 Å². The molecule has 0 saturated heterocycles. The van der Waals surface area contributed by atoms with E-state index in [1.807, 2.05) is 18.2 Å². The van der Waals surface area contributed by atoms with Crippen molar-refractivity contribution in [1.29, 1.82) is 0 Å². The number of dihydropyridines is 1. The van der Waals surface area contributed by atoms with Crippen LogP contribution < -0.4 is 0 Å². The smallest absolute Gasteiger partial charge is 0.198 e. The van der Waals surface area contributed by atoms with Gasteiger partial charge in [-0.25, -0.2) is 4.99 Å². The molecular weight excluding hydrogens is 178 g/mol. The third-order valence-corrected chi connectivity index (χ3v) is 2.36. The Morgan fingerprint density at radius 3 is 2.71 bits per heavy atom. The Bertz CT molecular complexity index is 339. The molecule has 14 heavy (non-hydrogen) atoms. The molecule has 2 heterocycles. The van der Waals surface area contributed by atoms with Gasteiger partial charge < -0.3 is 9.47 Å². The van der Waals surface area contributed by atoms with Gasteiger partial charge in [-0.2, -0.15) is 0 Å². The van der Waals surface area contributed by atoms with Crippen LogP contribution in [0.3, 0.4) is 0 Å². The Morgan fingerprint density at radius 1 is 1.14 bits per heavy atom. The minimum atomic E-state index is 0.0335. The lowest BCUT2D eigenvalue weighted by molar-refractivity contribution is 0.258. The van der Waals surface area contributed by atoms with Crippen molar-refractivity contribution >= 4 is 5.90 Å². The van der Waals surface area contributed by atoms with Crippen molar-refractivity contribution in [1.82, 2.24) is 0 Å². The van der Waals surface area contributed by atoms with Crippen molar-refractivity contribution in [3.05, 3.63) is 36.1 Å². The SMILES string of the molecule is COC1=NC2C=CC1/C(OC)=C\C=C/2. The van der Waals surface area contributed by atoms with Gasteiger partial charge in [0, 0.05) is 0 Å². The normalized spacial score (nSPS) is 35.0. The average molecular weight is 191 g/mol. The van der Waals surface area contributed by atoms with Crippen LogP contribution in [0.4, 0.5) is 0 Å². The van der Waals surface area contributed by atoms with Crippen LogP contribution in [0.25, 0.3) is 0 Å². The number of nitrogens with zero attached hydrogens (tertiary/aromatic N) is 1. The molecule has 2 unspecified atom stereocenters. The van der Waals surface area contributed by atoms with Gasteiger partial charge in [0.25, 0.3) is 0 Å². The highest BCUT2D eigenvalue weighted by molar-refractivity contribution is 5.84. The van der Waals surface area contributed by atoms with Crippen LogP contribution in [-0.4, -0.2) is 26.2 Å². The zero-order chi connectivity index (χ0) is 9.97. The Hall–Kier alpha value is -1.51. The maximum absolute atomic E-state index is 5.28. The summed E-state index contributed by atoms with van der Waals surface area (Å²) in [6.07, 6.45) is 10.0. The van der Waals surface area contributed by atoms with Crippen LogP contribution in [0.5, 0.6) is 0 Å². The molecule has 0 spiro atoms. The monoisotopic (exact) mass is 191 g/mol. The van der Waals surface area contributed by atoms with Gasteiger partial charge in [-0.05, 0) is 6.08 Å². The van der Waals surface area contributed by atoms with E-state index in [0.717, 1.165) is 11.7 Å². The third kappa shape index (κ3) is 1.45. The van der Waals surface area contributed by atoms with E-state index in [2.05, 4.69) is 17.1 Å². The lowest BCUT2D eigenvalue weighted by Crippen LogP contribution is -2.24. The first kappa shape index (κ1) is 9.06. The fourth-order valence-corrected chi connectivity index (χ4v) is 1.64. The third-order valence-electron chi connectivity index (χ3n) is 2.36. The van der Waals surface area contributed by atoms with Gasteiger partial charge in [-0.15, -0.1) is 0 Å². The van der Waals surface area contributed by atoms with Gasteiger partial charge >= 0.3 is 0 Å². The number of aliphatic imine (C=N–C) groups is 1. The minimum Gasteiger partial charge on any atom is -0.500 e. The molecule has 0 saturated carbocycles. The Balaban J connectivity index is 2.40. The fourth-order valence-electron chi connectivity index (χ4n) is 1.64.